The second kappa shape index (κ2) is 8.05. The minimum absolute atomic E-state index is 0.339. The van der Waals surface area contributed by atoms with Crippen LogP contribution in [0.5, 0.6) is 0 Å². The number of nitrogens with zero attached hydrogens (tertiary/aromatic N) is 2. The Kier molecular flexibility index (Phi) is 6.05. The quantitative estimate of drug-likeness (QED) is 0.397. The molecule has 0 heterocycles. The first kappa shape index (κ1) is 19.5. The highest BCUT2D eigenvalue weighted by molar-refractivity contribution is 7.86. The van der Waals surface area contributed by atoms with Gasteiger partial charge in [-0.2, -0.15) is 10.2 Å². The third kappa shape index (κ3) is 5.93. The molecule has 138 valence electrons. The summed E-state index contributed by atoms with van der Waals surface area (Å²) in [5.74, 6) is 0. The van der Waals surface area contributed by atoms with Gasteiger partial charge in [0.25, 0.3) is 0 Å². The summed E-state index contributed by atoms with van der Waals surface area (Å²) >= 11 is 0. The summed E-state index contributed by atoms with van der Waals surface area (Å²) in [6.45, 7) is 0. The van der Waals surface area contributed by atoms with Crippen molar-refractivity contribution in [2.24, 2.45) is 10.2 Å². The fourth-order valence-corrected chi connectivity index (χ4v) is 2.62. The lowest BCUT2D eigenvalue weighted by Gasteiger charge is -2.07. The van der Waals surface area contributed by atoms with Crippen molar-refractivity contribution in [2.75, 3.05) is 10.9 Å². The van der Waals surface area contributed by atoms with Gasteiger partial charge in [-0.25, -0.2) is 16.8 Å². The van der Waals surface area contributed by atoms with Gasteiger partial charge in [-0.05, 0) is 48.5 Å². The van der Waals surface area contributed by atoms with Gasteiger partial charge in [0, 0.05) is 0 Å². The van der Waals surface area contributed by atoms with Gasteiger partial charge < -0.3 is 9.11 Å². The summed E-state index contributed by atoms with van der Waals surface area (Å²) in [5, 5.41) is 7.60. The molecular weight excluding hydrogens is 384 g/mol. The third-order valence-corrected chi connectivity index (χ3v) is 4.59. The number of hydrogen-bond donors (Lipinski definition) is 2. The average Bonchev–Trinajstić information content (AvgIpc) is 2.57. The first-order chi connectivity index (χ1) is 12.2. The van der Waals surface area contributed by atoms with E-state index in [9.17, 15) is 25.9 Å². The molecule has 0 atom stereocenters. The Morgan fingerprint density at radius 3 is 1.23 bits per heavy atom. The highest BCUT2D eigenvalue weighted by Crippen LogP contribution is 2.14. The summed E-state index contributed by atoms with van der Waals surface area (Å²) in [5.41, 5.74) is 6.12. The van der Waals surface area contributed by atoms with Crippen LogP contribution in [0.2, 0.25) is 0 Å². The van der Waals surface area contributed by atoms with Crippen molar-refractivity contribution in [3.63, 3.8) is 0 Å². The van der Waals surface area contributed by atoms with Gasteiger partial charge in [-0.3, -0.25) is 10.9 Å². The zero-order chi connectivity index (χ0) is 19.2. The van der Waals surface area contributed by atoms with Crippen LogP contribution in [-0.4, -0.2) is 38.4 Å². The lowest BCUT2D eigenvalue weighted by atomic mass is 10.3. The molecule has 0 saturated carbocycles. The van der Waals surface area contributed by atoms with Crippen molar-refractivity contribution in [3.05, 3.63) is 48.5 Å². The zero-order valence-corrected chi connectivity index (χ0v) is 14.6. The van der Waals surface area contributed by atoms with E-state index < -0.39 is 20.2 Å². The Bertz CT molecular complexity index is 929. The monoisotopic (exact) mass is 396 g/mol. The van der Waals surface area contributed by atoms with E-state index in [2.05, 4.69) is 21.1 Å². The fourth-order valence-electron chi connectivity index (χ4n) is 1.68. The molecule has 12 heteroatoms. The number of rotatable bonds is 7. The van der Waals surface area contributed by atoms with Crippen molar-refractivity contribution in [1.82, 2.24) is 0 Å². The number of anilines is 2. The third-order valence-electron chi connectivity index (χ3n) is 2.89. The highest BCUT2D eigenvalue weighted by atomic mass is 32.2. The Morgan fingerprint density at radius 2 is 0.962 bits per heavy atom. The number of hydrogen-bond acceptors (Lipinski definition) is 10. The number of benzene rings is 2. The lowest BCUT2D eigenvalue weighted by molar-refractivity contribution is 0.461. The Morgan fingerprint density at radius 1 is 0.654 bits per heavy atom. The van der Waals surface area contributed by atoms with Gasteiger partial charge in [-0.15, -0.1) is 0 Å². The smallest absolute Gasteiger partial charge is 0.124 e. The van der Waals surface area contributed by atoms with Gasteiger partial charge >= 0.3 is 0 Å². The van der Waals surface area contributed by atoms with Crippen LogP contribution < -0.4 is 10.9 Å². The van der Waals surface area contributed by atoms with Crippen LogP contribution in [0.4, 0.5) is 11.4 Å². The minimum atomic E-state index is -4.49. The predicted octanol–water partition coefficient (Wildman–Crippen LogP) is 0.990. The molecule has 2 aromatic rings. The summed E-state index contributed by atoms with van der Waals surface area (Å²) in [6, 6.07) is 10.1. The molecule has 2 aromatic carbocycles. The number of hydrazone groups is 2. The minimum Gasteiger partial charge on any atom is -0.744 e. The second-order valence-corrected chi connectivity index (χ2v) is 7.50. The molecule has 0 amide bonds. The van der Waals surface area contributed by atoms with E-state index in [0.717, 1.165) is 24.3 Å². The van der Waals surface area contributed by atoms with Gasteiger partial charge in [0.15, 0.2) is 0 Å². The van der Waals surface area contributed by atoms with Crippen LogP contribution in [0.25, 0.3) is 0 Å². The molecule has 0 fully saturated rings. The molecule has 2 rings (SSSR count). The predicted molar refractivity (Wildman–Crippen MR) is 93.0 cm³/mol. The highest BCUT2D eigenvalue weighted by Gasteiger charge is 2.00. The topological polar surface area (TPSA) is 163 Å². The molecule has 0 saturated heterocycles. The number of nitrogens with one attached hydrogen (secondary N) is 2. The zero-order valence-electron chi connectivity index (χ0n) is 12.9. The molecule has 0 aromatic heterocycles. The van der Waals surface area contributed by atoms with E-state index in [0.29, 0.717) is 11.4 Å². The van der Waals surface area contributed by atoms with E-state index in [-0.39, 0.29) is 9.79 Å². The Balaban J connectivity index is 1.85. The molecule has 0 aliphatic heterocycles. The SMILES string of the molecule is O=S(=O)([O-])c1ccc(N/N=C/C=N/Nc2ccc(S(=O)(=O)[O-])cc2)cc1. The normalized spacial score (nSPS) is 12.5. The molecule has 0 unspecified atom stereocenters. The van der Waals surface area contributed by atoms with Crippen molar-refractivity contribution >= 4 is 44.0 Å². The maximum absolute atomic E-state index is 10.8. The fraction of sp³-hybridized carbons (Fsp3) is 0. The summed E-state index contributed by atoms with van der Waals surface area (Å²) < 4.78 is 64.7. The molecule has 0 bridgehead atoms. The molecule has 2 N–H and O–H groups in total. The summed E-state index contributed by atoms with van der Waals surface area (Å²) in [7, 11) is -8.97. The van der Waals surface area contributed by atoms with Crippen LogP contribution >= 0.6 is 0 Å². The molecule has 0 aliphatic carbocycles. The molecule has 0 radical (unpaired) electrons. The van der Waals surface area contributed by atoms with Crippen molar-refractivity contribution < 1.29 is 25.9 Å². The van der Waals surface area contributed by atoms with Crippen LogP contribution in [-0.2, 0) is 20.2 Å². The van der Waals surface area contributed by atoms with Gasteiger partial charge in [0.1, 0.15) is 20.2 Å². The summed E-state index contributed by atoms with van der Waals surface area (Å²) in [4.78, 5) is -0.679. The van der Waals surface area contributed by atoms with Crippen molar-refractivity contribution in [3.8, 4) is 0 Å². The van der Waals surface area contributed by atoms with E-state index in [1.54, 1.807) is 0 Å². The molecule has 0 spiro atoms. The van der Waals surface area contributed by atoms with Crippen LogP contribution in [0.1, 0.15) is 0 Å². The van der Waals surface area contributed by atoms with Gasteiger partial charge in [0.05, 0.1) is 33.6 Å². The van der Waals surface area contributed by atoms with Crippen LogP contribution in [0, 0.1) is 0 Å². The van der Waals surface area contributed by atoms with Gasteiger partial charge in [-0.1, -0.05) is 0 Å². The Labute approximate surface area is 149 Å². The van der Waals surface area contributed by atoms with E-state index >= 15 is 0 Å². The lowest BCUT2D eigenvalue weighted by Crippen LogP contribution is -1.99. The standard InChI is InChI=1S/C14H14N4O6S2/c19-25(20,21)13-5-1-11(2-6-13)17-15-9-10-16-18-12-3-7-14(8-4-12)26(22,23)24/h1-10,17-18H,(H,19,20,21)(H,22,23,24)/p-2/b15-9+,16-10+. The first-order valence-corrected chi connectivity index (χ1v) is 9.66. The van der Waals surface area contributed by atoms with Crippen LogP contribution in [0.15, 0.2) is 68.5 Å². The molecule has 26 heavy (non-hydrogen) atoms. The maximum Gasteiger partial charge on any atom is 0.124 e. The van der Waals surface area contributed by atoms with E-state index in [1.165, 1.54) is 36.7 Å². The van der Waals surface area contributed by atoms with Crippen LogP contribution in [0.3, 0.4) is 0 Å². The van der Waals surface area contributed by atoms with E-state index in [4.69, 9.17) is 0 Å². The van der Waals surface area contributed by atoms with E-state index in [1.807, 2.05) is 0 Å². The van der Waals surface area contributed by atoms with Crippen molar-refractivity contribution in [1.29, 1.82) is 0 Å². The molecule has 0 aliphatic rings. The first-order valence-electron chi connectivity index (χ1n) is 6.85. The average molecular weight is 396 g/mol. The Hall–Kier alpha value is -2.80. The maximum atomic E-state index is 10.8. The largest absolute Gasteiger partial charge is 0.744 e. The molecular formula is C14H12N4O6S2-2. The molecule has 10 nitrogen and oxygen atoms in total. The second-order valence-electron chi connectivity index (χ2n) is 4.74. The van der Waals surface area contributed by atoms with Crippen molar-refractivity contribution in [2.45, 2.75) is 9.79 Å². The van der Waals surface area contributed by atoms with Gasteiger partial charge in [0.2, 0.25) is 0 Å². The summed E-state index contributed by atoms with van der Waals surface area (Å²) in [6.07, 6.45) is 2.59.